The second-order valence-electron chi connectivity index (χ2n) is 5.99. The van der Waals surface area contributed by atoms with Crippen molar-refractivity contribution in [3.63, 3.8) is 0 Å². The van der Waals surface area contributed by atoms with Gasteiger partial charge in [-0.3, -0.25) is 0 Å². The smallest absolute Gasteiger partial charge is 0.0110 e. The molecule has 1 saturated heterocycles. The Labute approximate surface area is 107 Å². The molecule has 3 unspecified atom stereocenters. The van der Waals surface area contributed by atoms with Gasteiger partial charge in [-0.2, -0.15) is 0 Å². The van der Waals surface area contributed by atoms with E-state index in [9.17, 15) is 0 Å². The lowest BCUT2D eigenvalue weighted by Gasteiger charge is -2.42. The summed E-state index contributed by atoms with van der Waals surface area (Å²) in [6.45, 7) is 8.46. The van der Waals surface area contributed by atoms with E-state index in [1.807, 2.05) is 0 Å². The second-order valence-corrected chi connectivity index (χ2v) is 5.99. The van der Waals surface area contributed by atoms with E-state index in [-0.39, 0.29) is 0 Å². The molecule has 0 bridgehead atoms. The van der Waals surface area contributed by atoms with E-state index in [0.29, 0.717) is 0 Å². The Hall–Kier alpha value is -0.0800. The van der Waals surface area contributed by atoms with Crippen LogP contribution in [0.5, 0.6) is 0 Å². The standard InChI is InChI=1S/C15H30N2/c1-3-13-7-6-10-17(12-13)15-9-5-8-14(11-15)16-4-2/h13-16H,3-12H2,1-2H3. The first kappa shape index (κ1) is 13.4. The largest absolute Gasteiger partial charge is 0.314 e. The minimum absolute atomic E-state index is 0.792. The van der Waals surface area contributed by atoms with Crippen LogP contribution in [-0.2, 0) is 0 Å². The van der Waals surface area contributed by atoms with Crippen LogP contribution in [0.25, 0.3) is 0 Å². The monoisotopic (exact) mass is 238 g/mol. The lowest BCUT2D eigenvalue weighted by atomic mass is 9.87. The lowest BCUT2D eigenvalue weighted by Crippen LogP contribution is -2.48. The summed E-state index contributed by atoms with van der Waals surface area (Å²) in [6, 6.07) is 1.67. The van der Waals surface area contributed by atoms with Gasteiger partial charge in [-0.05, 0) is 51.1 Å². The summed E-state index contributed by atoms with van der Waals surface area (Å²) >= 11 is 0. The predicted molar refractivity (Wildman–Crippen MR) is 74.3 cm³/mol. The highest BCUT2D eigenvalue weighted by Crippen LogP contribution is 2.28. The van der Waals surface area contributed by atoms with Gasteiger partial charge in [0.1, 0.15) is 0 Å². The van der Waals surface area contributed by atoms with Crippen LogP contribution in [0.2, 0.25) is 0 Å². The van der Waals surface area contributed by atoms with E-state index < -0.39 is 0 Å². The van der Waals surface area contributed by atoms with Crippen LogP contribution < -0.4 is 5.32 Å². The molecule has 1 aliphatic carbocycles. The van der Waals surface area contributed by atoms with Gasteiger partial charge in [0.25, 0.3) is 0 Å². The first-order chi connectivity index (χ1) is 8.33. The quantitative estimate of drug-likeness (QED) is 0.810. The molecule has 2 nitrogen and oxygen atoms in total. The van der Waals surface area contributed by atoms with Crippen molar-refractivity contribution in [1.29, 1.82) is 0 Å². The molecule has 0 aromatic rings. The van der Waals surface area contributed by atoms with Gasteiger partial charge >= 0.3 is 0 Å². The van der Waals surface area contributed by atoms with Gasteiger partial charge < -0.3 is 10.2 Å². The Bertz CT molecular complexity index is 215. The zero-order valence-electron chi connectivity index (χ0n) is 11.8. The number of hydrogen-bond acceptors (Lipinski definition) is 2. The Balaban J connectivity index is 1.83. The van der Waals surface area contributed by atoms with Crippen molar-refractivity contribution in [2.75, 3.05) is 19.6 Å². The molecule has 3 atom stereocenters. The van der Waals surface area contributed by atoms with Gasteiger partial charge in [-0.15, -0.1) is 0 Å². The molecule has 2 fully saturated rings. The fraction of sp³-hybridized carbons (Fsp3) is 1.00. The van der Waals surface area contributed by atoms with Crippen LogP contribution in [0, 0.1) is 5.92 Å². The fourth-order valence-corrected chi connectivity index (χ4v) is 3.73. The minimum Gasteiger partial charge on any atom is -0.314 e. The summed E-state index contributed by atoms with van der Waals surface area (Å²) in [5.74, 6) is 0.975. The van der Waals surface area contributed by atoms with Crippen molar-refractivity contribution < 1.29 is 0 Å². The Morgan fingerprint density at radius 3 is 2.76 bits per heavy atom. The van der Waals surface area contributed by atoms with Crippen molar-refractivity contribution >= 4 is 0 Å². The molecule has 2 rings (SSSR count). The van der Waals surface area contributed by atoms with E-state index >= 15 is 0 Å². The summed E-state index contributed by atoms with van der Waals surface area (Å²) < 4.78 is 0. The number of hydrogen-bond donors (Lipinski definition) is 1. The van der Waals surface area contributed by atoms with Crippen LogP contribution in [0.15, 0.2) is 0 Å². The molecule has 2 heteroatoms. The molecule has 1 aliphatic heterocycles. The van der Waals surface area contributed by atoms with E-state index in [1.165, 1.54) is 58.0 Å². The number of rotatable bonds is 4. The topological polar surface area (TPSA) is 15.3 Å². The van der Waals surface area contributed by atoms with Crippen molar-refractivity contribution in [1.82, 2.24) is 10.2 Å². The van der Waals surface area contributed by atoms with Crippen molar-refractivity contribution in [2.45, 2.75) is 70.9 Å². The highest BCUT2D eigenvalue weighted by atomic mass is 15.2. The average molecular weight is 238 g/mol. The summed E-state index contributed by atoms with van der Waals surface area (Å²) in [5, 5.41) is 3.65. The lowest BCUT2D eigenvalue weighted by molar-refractivity contribution is 0.0877. The fourth-order valence-electron chi connectivity index (χ4n) is 3.73. The molecular formula is C15H30N2. The van der Waals surface area contributed by atoms with Crippen molar-refractivity contribution in [3.05, 3.63) is 0 Å². The molecule has 1 saturated carbocycles. The first-order valence-electron chi connectivity index (χ1n) is 7.80. The zero-order chi connectivity index (χ0) is 12.1. The van der Waals surface area contributed by atoms with Crippen molar-refractivity contribution in [3.8, 4) is 0 Å². The molecule has 2 aliphatic rings. The summed E-state index contributed by atoms with van der Waals surface area (Å²) in [6.07, 6.45) is 9.94. The molecule has 1 heterocycles. The van der Waals surface area contributed by atoms with Crippen LogP contribution in [-0.4, -0.2) is 36.6 Å². The van der Waals surface area contributed by atoms with Gasteiger partial charge in [0, 0.05) is 18.6 Å². The number of likely N-dealkylation sites (tertiary alicyclic amines) is 1. The third kappa shape index (κ3) is 3.69. The van der Waals surface area contributed by atoms with E-state index in [4.69, 9.17) is 0 Å². The molecule has 0 spiro atoms. The first-order valence-corrected chi connectivity index (χ1v) is 7.80. The normalized spacial score (nSPS) is 36.0. The molecule has 0 aromatic carbocycles. The second kappa shape index (κ2) is 6.75. The molecule has 100 valence electrons. The average Bonchev–Trinajstić information content (AvgIpc) is 2.40. The van der Waals surface area contributed by atoms with Crippen LogP contribution in [0.4, 0.5) is 0 Å². The van der Waals surface area contributed by atoms with E-state index in [0.717, 1.165) is 24.5 Å². The summed E-state index contributed by atoms with van der Waals surface area (Å²) in [7, 11) is 0. The maximum Gasteiger partial charge on any atom is 0.0110 e. The van der Waals surface area contributed by atoms with Crippen LogP contribution in [0.1, 0.15) is 58.8 Å². The van der Waals surface area contributed by atoms with Gasteiger partial charge in [0.2, 0.25) is 0 Å². The molecule has 1 N–H and O–H groups in total. The van der Waals surface area contributed by atoms with Gasteiger partial charge in [0.05, 0.1) is 0 Å². The van der Waals surface area contributed by atoms with Crippen molar-refractivity contribution in [2.24, 2.45) is 5.92 Å². The van der Waals surface area contributed by atoms with Crippen LogP contribution >= 0.6 is 0 Å². The molecule has 17 heavy (non-hydrogen) atoms. The number of piperidine rings is 1. The Kier molecular flexibility index (Phi) is 5.30. The summed E-state index contributed by atoms with van der Waals surface area (Å²) in [5.41, 5.74) is 0. The molecule has 0 aromatic heterocycles. The molecular weight excluding hydrogens is 208 g/mol. The maximum absolute atomic E-state index is 3.65. The van der Waals surface area contributed by atoms with Gasteiger partial charge in [0.15, 0.2) is 0 Å². The van der Waals surface area contributed by atoms with E-state index in [2.05, 4.69) is 24.1 Å². The van der Waals surface area contributed by atoms with Gasteiger partial charge in [-0.25, -0.2) is 0 Å². The summed E-state index contributed by atoms with van der Waals surface area (Å²) in [4.78, 5) is 2.81. The Morgan fingerprint density at radius 2 is 2.00 bits per heavy atom. The van der Waals surface area contributed by atoms with E-state index in [1.54, 1.807) is 0 Å². The number of nitrogens with zero attached hydrogens (tertiary/aromatic N) is 1. The third-order valence-electron chi connectivity index (χ3n) is 4.78. The van der Waals surface area contributed by atoms with Gasteiger partial charge in [-0.1, -0.05) is 26.7 Å². The predicted octanol–water partition coefficient (Wildman–Crippen LogP) is 3.03. The highest BCUT2D eigenvalue weighted by Gasteiger charge is 2.29. The highest BCUT2D eigenvalue weighted by molar-refractivity contribution is 4.86. The van der Waals surface area contributed by atoms with Crippen LogP contribution in [0.3, 0.4) is 0 Å². The molecule has 0 radical (unpaired) electrons. The zero-order valence-corrected chi connectivity index (χ0v) is 11.8. The number of nitrogens with one attached hydrogen (secondary N) is 1. The Morgan fingerprint density at radius 1 is 1.12 bits per heavy atom. The third-order valence-corrected chi connectivity index (χ3v) is 4.78. The SMILES string of the molecule is CCNC1CCCC(N2CCCC(CC)C2)C1. The maximum atomic E-state index is 3.65. The molecule has 0 amide bonds. The minimum atomic E-state index is 0.792.